The molecule has 0 fully saturated rings. The van der Waals surface area contributed by atoms with Gasteiger partial charge < -0.3 is 14.2 Å². The number of methoxy groups -OCH3 is 3. The van der Waals surface area contributed by atoms with E-state index in [1.165, 1.54) is 23.8 Å². The molecule has 0 bridgehead atoms. The molecule has 4 rings (SSSR count). The standard InChI is InChI=1S/C22H24N4O4/c1-28-19-11-16-9-10-25(14-26-13-18(23-24-26)22(27)30-3)21(15-7-5-4-6-8-15)17(16)12-20(19)29-2/h4-8,11-13,21H,9-10,14H2,1-3H3. The first-order chi connectivity index (χ1) is 14.6. The van der Waals surface area contributed by atoms with Gasteiger partial charge >= 0.3 is 5.97 Å². The van der Waals surface area contributed by atoms with Crippen molar-refractivity contribution < 1.29 is 19.0 Å². The number of esters is 1. The third-order valence-electron chi connectivity index (χ3n) is 5.35. The number of carbonyl (C=O) groups excluding carboxylic acids is 1. The Kier molecular flexibility index (Phi) is 5.67. The lowest BCUT2D eigenvalue weighted by atomic mass is 9.88. The average Bonchev–Trinajstić information content (AvgIpc) is 3.26. The molecule has 3 aromatic rings. The monoisotopic (exact) mass is 408 g/mol. The van der Waals surface area contributed by atoms with Crippen LogP contribution in [0.15, 0.2) is 48.7 Å². The summed E-state index contributed by atoms with van der Waals surface area (Å²) in [5.74, 6) is 0.935. The maximum absolute atomic E-state index is 11.7. The quantitative estimate of drug-likeness (QED) is 0.580. The van der Waals surface area contributed by atoms with Crippen molar-refractivity contribution in [2.45, 2.75) is 19.1 Å². The van der Waals surface area contributed by atoms with Gasteiger partial charge in [-0.2, -0.15) is 0 Å². The molecule has 0 N–H and O–H groups in total. The summed E-state index contributed by atoms with van der Waals surface area (Å²) in [5, 5.41) is 8.02. The summed E-state index contributed by atoms with van der Waals surface area (Å²) in [7, 11) is 4.62. The Morgan fingerprint density at radius 1 is 1.10 bits per heavy atom. The van der Waals surface area contributed by atoms with Crippen molar-refractivity contribution in [1.82, 2.24) is 19.9 Å². The molecule has 1 unspecified atom stereocenters. The van der Waals surface area contributed by atoms with Crippen molar-refractivity contribution in [3.8, 4) is 11.5 Å². The lowest BCUT2D eigenvalue weighted by Crippen LogP contribution is -2.37. The summed E-state index contributed by atoms with van der Waals surface area (Å²) >= 11 is 0. The molecule has 8 nitrogen and oxygen atoms in total. The van der Waals surface area contributed by atoms with Gasteiger partial charge in [0, 0.05) is 6.54 Å². The fourth-order valence-corrected chi connectivity index (χ4v) is 3.93. The fraction of sp³-hybridized carbons (Fsp3) is 0.318. The smallest absolute Gasteiger partial charge is 0.360 e. The van der Waals surface area contributed by atoms with Crippen LogP contribution in [0.3, 0.4) is 0 Å². The van der Waals surface area contributed by atoms with Crippen molar-refractivity contribution in [3.05, 3.63) is 71.0 Å². The molecule has 0 radical (unpaired) electrons. The second-order valence-corrected chi connectivity index (χ2v) is 7.06. The van der Waals surface area contributed by atoms with Crippen LogP contribution in [0, 0.1) is 0 Å². The van der Waals surface area contributed by atoms with E-state index in [4.69, 9.17) is 14.2 Å². The number of aromatic nitrogens is 3. The van der Waals surface area contributed by atoms with Crippen LogP contribution in [0.5, 0.6) is 11.5 Å². The van der Waals surface area contributed by atoms with Crippen molar-refractivity contribution >= 4 is 5.97 Å². The average molecular weight is 408 g/mol. The summed E-state index contributed by atoms with van der Waals surface area (Å²) < 4.78 is 17.4. The van der Waals surface area contributed by atoms with Crippen LogP contribution in [0.1, 0.15) is 33.2 Å². The topological polar surface area (TPSA) is 78.7 Å². The van der Waals surface area contributed by atoms with E-state index in [0.717, 1.165) is 18.7 Å². The minimum atomic E-state index is -0.498. The summed E-state index contributed by atoms with van der Waals surface area (Å²) in [5.41, 5.74) is 3.75. The Hall–Kier alpha value is -3.39. The van der Waals surface area contributed by atoms with Gasteiger partial charge in [0.1, 0.15) is 0 Å². The summed E-state index contributed by atoms with van der Waals surface area (Å²) in [6.45, 7) is 1.30. The van der Waals surface area contributed by atoms with Crippen molar-refractivity contribution in [3.63, 3.8) is 0 Å². The molecule has 30 heavy (non-hydrogen) atoms. The summed E-state index contributed by atoms with van der Waals surface area (Å²) in [6, 6.07) is 14.4. The Labute approximate surface area is 175 Å². The summed E-state index contributed by atoms with van der Waals surface area (Å²) in [6.07, 6.45) is 2.47. The van der Waals surface area contributed by atoms with Crippen LogP contribution in [-0.4, -0.2) is 53.7 Å². The van der Waals surface area contributed by atoms with Crippen molar-refractivity contribution in [2.24, 2.45) is 0 Å². The van der Waals surface area contributed by atoms with Gasteiger partial charge in [-0.05, 0) is 35.2 Å². The molecule has 1 aliphatic heterocycles. The molecule has 0 aliphatic carbocycles. The van der Waals surface area contributed by atoms with Crippen molar-refractivity contribution in [1.29, 1.82) is 0 Å². The van der Waals surface area contributed by atoms with Gasteiger partial charge in [0.25, 0.3) is 0 Å². The van der Waals surface area contributed by atoms with Crippen molar-refractivity contribution in [2.75, 3.05) is 27.9 Å². The van der Waals surface area contributed by atoms with Gasteiger partial charge in [-0.15, -0.1) is 5.10 Å². The fourth-order valence-electron chi connectivity index (χ4n) is 3.93. The first-order valence-corrected chi connectivity index (χ1v) is 9.66. The number of benzene rings is 2. The van der Waals surface area contributed by atoms with Gasteiger partial charge in [0.05, 0.1) is 40.2 Å². The zero-order valence-electron chi connectivity index (χ0n) is 17.2. The maximum atomic E-state index is 11.7. The molecule has 0 saturated carbocycles. The van der Waals surface area contributed by atoms with Gasteiger partial charge in [0.2, 0.25) is 0 Å². The maximum Gasteiger partial charge on any atom is 0.360 e. The third kappa shape index (κ3) is 3.73. The molecule has 2 aromatic carbocycles. The predicted octanol–water partition coefficient (Wildman–Crippen LogP) is 2.69. The van der Waals surface area contributed by atoms with E-state index >= 15 is 0 Å². The first kappa shape index (κ1) is 19.9. The Bertz CT molecular complexity index is 1030. The highest BCUT2D eigenvalue weighted by molar-refractivity contribution is 5.86. The van der Waals surface area contributed by atoms with E-state index in [-0.39, 0.29) is 11.7 Å². The van der Waals surface area contributed by atoms with E-state index in [1.807, 2.05) is 18.2 Å². The third-order valence-corrected chi connectivity index (χ3v) is 5.35. The van der Waals surface area contributed by atoms with E-state index in [0.29, 0.717) is 12.4 Å². The Morgan fingerprint density at radius 2 is 1.83 bits per heavy atom. The Balaban J connectivity index is 1.73. The first-order valence-electron chi connectivity index (χ1n) is 9.66. The van der Waals surface area contributed by atoms with Gasteiger partial charge in [-0.25, -0.2) is 9.48 Å². The van der Waals surface area contributed by atoms with Crippen LogP contribution in [0.4, 0.5) is 0 Å². The van der Waals surface area contributed by atoms with E-state index in [2.05, 4.69) is 39.5 Å². The molecule has 156 valence electrons. The molecule has 0 amide bonds. The molecule has 0 spiro atoms. The van der Waals surface area contributed by atoms with Crippen LogP contribution in [-0.2, 0) is 17.8 Å². The lowest BCUT2D eigenvalue weighted by Gasteiger charge is -2.37. The minimum Gasteiger partial charge on any atom is -0.493 e. The van der Waals surface area contributed by atoms with Crippen LogP contribution in [0.2, 0.25) is 0 Å². The van der Waals surface area contributed by atoms with Crippen LogP contribution < -0.4 is 9.47 Å². The second kappa shape index (κ2) is 8.54. The van der Waals surface area contributed by atoms with Crippen LogP contribution >= 0.6 is 0 Å². The number of ether oxygens (including phenoxy) is 3. The zero-order chi connectivity index (χ0) is 21.1. The van der Waals surface area contributed by atoms with Gasteiger partial charge in [-0.1, -0.05) is 35.5 Å². The van der Waals surface area contributed by atoms with Gasteiger partial charge in [0.15, 0.2) is 17.2 Å². The molecular weight excluding hydrogens is 384 g/mol. The number of nitrogens with zero attached hydrogens (tertiary/aromatic N) is 4. The molecular formula is C22H24N4O4. The minimum absolute atomic E-state index is 0.000493. The molecule has 1 aromatic heterocycles. The predicted molar refractivity (Wildman–Crippen MR) is 110 cm³/mol. The summed E-state index contributed by atoms with van der Waals surface area (Å²) in [4.78, 5) is 14.0. The highest BCUT2D eigenvalue weighted by Crippen LogP contribution is 2.41. The molecule has 1 atom stereocenters. The normalized spacial score (nSPS) is 16.0. The van der Waals surface area contributed by atoms with E-state index < -0.39 is 5.97 Å². The largest absolute Gasteiger partial charge is 0.493 e. The van der Waals surface area contributed by atoms with E-state index in [1.54, 1.807) is 25.1 Å². The van der Waals surface area contributed by atoms with E-state index in [9.17, 15) is 4.79 Å². The SMILES string of the molecule is COC(=O)c1cn(CN2CCc3cc(OC)c(OC)cc3C2c2ccccc2)nn1. The molecule has 2 heterocycles. The number of hydrogen-bond donors (Lipinski definition) is 0. The Morgan fingerprint density at radius 3 is 2.53 bits per heavy atom. The molecule has 1 aliphatic rings. The number of carbonyl (C=O) groups is 1. The number of rotatable bonds is 6. The number of hydrogen-bond acceptors (Lipinski definition) is 7. The number of fused-ring (bicyclic) bond motifs is 1. The lowest BCUT2D eigenvalue weighted by molar-refractivity contribution is 0.0593. The molecule has 8 heteroatoms. The highest BCUT2D eigenvalue weighted by atomic mass is 16.5. The van der Waals surface area contributed by atoms with Crippen LogP contribution in [0.25, 0.3) is 0 Å². The molecule has 0 saturated heterocycles. The van der Waals surface area contributed by atoms with Gasteiger partial charge in [-0.3, -0.25) is 4.90 Å². The zero-order valence-corrected chi connectivity index (χ0v) is 17.2. The highest BCUT2D eigenvalue weighted by Gasteiger charge is 2.31. The second-order valence-electron chi connectivity index (χ2n) is 7.06.